The van der Waals surface area contributed by atoms with Crippen LogP contribution in [-0.2, 0) is 19.1 Å². The lowest BCUT2D eigenvalue weighted by molar-refractivity contribution is -0.165. The molecule has 1 aliphatic carbocycles. The topological polar surface area (TPSA) is 72.9 Å². The zero-order valence-corrected chi connectivity index (χ0v) is 12.9. The van der Waals surface area contributed by atoms with Crippen LogP contribution >= 0.6 is 0 Å². The fourth-order valence-corrected chi connectivity index (χ4v) is 2.90. The number of esters is 1. The molecule has 2 aliphatic rings. The zero-order chi connectivity index (χ0) is 17.5. The first-order chi connectivity index (χ1) is 10.6. The van der Waals surface area contributed by atoms with Crippen LogP contribution in [0.3, 0.4) is 0 Å². The number of nitrogens with zero attached hydrogens (tertiary/aromatic N) is 1. The van der Waals surface area contributed by atoms with Gasteiger partial charge in [-0.15, -0.1) is 0 Å². The van der Waals surface area contributed by atoms with Crippen molar-refractivity contribution < 1.29 is 37.0 Å². The molecule has 0 spiro atoms. The highest BCUT2D eigenvalue weighted by molar-refractivity contribution is 5.99. The van der Waals surface area contributed by atoms with Gasteiger partial charge in [0, 0.05) is 0 Å². The molecule has 1 saturated carbocycles. The molecule has 1 saturated heterocycles. The molecule has 0 radical (unpaired) electrons. The Kier molecular flexibility index (Phi) is 4.59. The third-order valence-electron chi connectivity index (χ3n) is 4.15. The lowest BCUT2D eigenvalue weighted by atomic mass is 10.0. The largest absolute Gasteiger partial charge is 0.466 e. The number of halogens is 3. The molecule has 4 atom stereocenters. The number of hydrogen-bond acceptors (Lipinski definition) is 5. The lowest BCUT2D eigenvalue weighted by Crippen LogP contribution is -2.43. The van der Waals surface area contributed by atoms with Crippen LogP contribution in [0.5, 0.6) is 0 Å². The molecule has 2 rings (SSSR count). The monoisotopic (exact) mass is 337 g/mol. The molecule has 2 amide bonds. The summed E-state index contributed by atoms with van der Waals surface area (Å²) in [5, 5.41) is 0. The number of cyclic esters (lactones) is 1. The van der Waals surface area contributed by atoms with Gasteiger partial charge in [0.2, 0.25) is 5.91 Å². The van der Waals surface area contributed by atoms with Crippen molar-refractivity contribution in [3.63, 3.8) is 0 Å². The van der Waals surface area contributed by atoms with E-state index in [1.54, 1.807) is 13.8 Å². The lowest BCUT2D eigenvalue weighted by Gasteiger charge is -2.22. The Morgan fingerprint density at radius 2 is 1.96 bits per heavy atom. The van der Waals surface area contributed by atoms with Crippen molar-refractivity contribution in [2.75, 3.05) is 13.2 Å². The molecule has 2 fully saturated rings. The average molecular weight is 337 g/mol. The molecular formula is C14H18F3NO5. The number of amides is 2. The third kappa shape index (κ3) is 3.13. The van der Waals surface area contributed by atoms with Crippen molar-refractivity contribution in [3.8, 4) is 0 Å². The van der Waals surface area contributed by atoms with Crippen molar-refractivity contribution in [3.05, 3.63) is 0 Å². The second kappa shape index (κ2) is 6.01. The maximum Gasteiger partial charge on any atom is 0.416 e. The molecular weight excluding hydrogens is 319 g/mol. The summed E-state index contributed by atoms with van der Waals surface area (Å²) in [5.41, 5.74) is 0. The maximum atomic E-state index is 13.0. The second-order valence-corrected chi connectivity index (χ2v) is 5.97. The van der Waals surface area contributed by atoms with E-state index in [-0.39, 0.29) is 19.1 Å². The minimum absolute atomic E-state index is 0.0598. The Bertz CT molecular complexity index is 519. The predicted octanol–water partition coefficient (Wildman–Crippen LogP) is 1.98. The molecule has 0 aromatic heterocycles. The average Bonchev–Trinajstić information content (AvgIpc) is 3.08. The predicted molar refractivity (Wildman–Crippen MR) is 70.0 cm³/mol. The smallest absolute Gasteiger partial charge is 0.416 e. The van der Waals surface area contributed by atoms with Gasteiger partial charge in [-0.25, -0.2) is 9.69 Å². The summed E-state index contributed by atoms with van der Waals surface area (Å²) >= 11 is 0. The Labute approximate surface area is 130 Å². The number of imide groups is 1. The number of hydrogen-bond donors (Lipinski definition) is 0. The van der Waals surface area contributed by atoms with E-state index in [1.807, 2.05) is 0 Å². The van der Waals surface area contributed by atoms with E-state index in [2.05, 4.69) is 4.74 Å². The highest BCUT2D eigenvalue weighted by Crippen LogP contribution is 2.57. The first-order valence-corrected chi connectivity index (χ1v) is 7.34. The number of rotatable bonds is 4. The van der Waals surface area contributed by atoms with Gasteiger partial charge >= 0.3 is 18.2 Å². The quantitative estimate of drug-likeness (QED) is 0.734. The van der Waals surface area contributed by atoms with E-state index in [4.69, 9.17) is 4.74 Å². The zero-order valence-electron chi connectivity index (χ0n) is 12.9. The molecule has 6 nitrogen and oxygen atoms in total. The van der Waals surface area contributed by atoms with Crippen LogP contribution in [0.2, 0.25) is 0 Å². The summed E-state index contributed by atoms with van der Waals surface area (Å²) in [6, 6.07) is -0.632. The first kappa shape index (κ1) is 17.6. The van der Waals surface area contributed by atoms with Crippen LogP contribution < -0.4 is 0 Å². The van der Waals surface area contributed by atoms with Crippen molar-refractivity contribution in [2.45, 2.75) is 33.0 Å². The number of ether oxygens (including phenoxy) is 2. The highest BCUT2D eigenvalue weighted by Gasteiger charge is 2.72. The van der Waals surface area contributed by atoms with Crippen LogP contribution in [0.15, 0.2) is 0 Å². The molecule has 130 valence electrons. The summed E-state index contributed by atoms with van der Waals surface area (Å²) in [5.74, 6) is -7.59. The van der Waals surface area contributed by atoms with Gasteiger partial charge in [-0.05, 0) is 12.8 Å². The van der Waals surface area contributed by atoms with Gasteiger partial charge < -0.3 is 9.47 Å². The van der Waals surface area contributed by atoms with E-state index in [0.717, 1.165) is 0 Å². The normalized spacial score (nSPS) is 30.4. The first-order valence-electron chi connectivity index (χ1n) is 7.34. The Morgan fingerprint density at radius 1 is 1.35 bits per heavy atom. The minimum atomic E-state index is -4.71. The van der Waals surface area contributed by atoms with E-state index in [9.17, 15) is 27.6 Å². The third-order valence-corrected chi connectivity index (χ3v) is 4.15. The Hall–Kier alpha value is -1.80. The van der Waals surface area contributed by atoms with Gasteiger partial charge in [0.1, 0.15) is 6.61 Å². The van der Waals surface area contributed by atoms with E-state index in [1.165, 1.54) is 6.92 Å². The molecule has 9 heteroatoms. The van der Waals surface area contributed by atoms with Gasteiger partial charge in [-0.2, -0.15) is 13.2 Å². The molecule has 0 aromatic carbocycles. The molecule has 0 N–H and O–H groups in total. The van der Waals surface area contributed by atoms with Gasteiger partial charge in [0.05, 0.1) is 30.4 Å². The van der Waals surface area contributed by atoms with Crippen molar-refractivity contribution >= 4 is 18.0 Å². The van der Waals surface area contributed by atoms with Crippen LogP contribution in [0.4, 0.5) is 18.0 Å². The number of carbonyl (C=O) groups excluding carboxylic acids is 3. The van der Waals surface area contributed by atoms with Crippen molar-refractivity contribution in [1.82, 2.24) is 4.90 Å². The molecule has 1 aliphatic heterocycles. The summed E-state index contributed by atoms with van der Waals surface area (Å²) in [6.45, 7) is 4.77. The van der Waals surface area contributed by atoms with Gasteiger partial charge in [-0.3, -0.25) is 9.59 Å². The summed E-state index contributed by atoms with van der Waals surface area (Å²) in [6.07, 6.45) is -5.68. The molecule has 0 bridgehead atoms. The molecule has 0 unspecified atom stereocenters. The summed E-state index contributed by atoms with van der Waals surface area (Å²) in [7, 11) is 0. The van der Waals surface area contributed by atoms with Crippen molar-refractivity contribution in [2.24, 2.45) is 23.7 Å². The van der Waals surface area contributed by atoms with Gasteiger partial charge in [0.25, 0.3) is 0 Å². The molecule has 1 heterocycles. The van der Waals surface area contributed by atoms with E-state index in [0.29, 0.717) is 4.90 Å². The van der Waals surface area contributed by atoms with Crippen LogP contribution in [0, 0.1) is 23.7 Å². The highest BCUT2D eigenvalue weighted by atomic mass is 19.4. The van der Waals surface area contributed by atoms with E-state index < -0.39 is 47.9 Å². The van der Waals surface area contributed by atoms with Crippen LogP contribution in [0.25, 0.3) is 0 Å². The van der Waals surface area contributed by atoms with Crippen LogP contribution in [0.1, 0.15) is 20.8 Å². The minimum Gasteiger partial charge on any atom is -0.466 e. The molecule has 23 heavy (non-hydrogen) atoms. The SMILES string of the molecule is CCOC(=O)[C@@H]1[C@H](C(=O)N2C(=O)OC[C@@H]2C(C)C)[C@@H]1C(F)(F)F. The fourth-order valence-electron chi connectivity index (χ4n) is 2.90. The summed E-state index contributed by atoms with van der Waals surface area (Å²) in [4.78, 5) is 36.5. The van der Waals surface area contributed by atoms with Gasteiger partial charge in [0.15, 0.2) is 0 Å². The fraction of sp³-hybridized carbons (Fsp3) is 0.786. The van der Waals surface area contributed by atoms with Crippen LogP contribution in [-0.4, -0.2) is 48.3 Å². The molecule has 0 aromatic rings. The Balaban J connectivity index is 2.23. The van der Waals surface area contributed by atoms with Gasteiger partial charge in [-0.1, -0.05) is 13.8 Å². The second-order valence-electron chi connectivity index (χ2n) is 5.97. The standard InChI is InChI=1S/C14H18F3NO5/c1-4-22-12(20)9-8(10(9)14(15,16)17)11(19)18-7(6(2)3)5-23-13(18)21/h6-10H,4-5H2,1-3H3/t7-,8+,9-,10+/m1/s1. The van der Waals surface area contributed by atoms with E-state index >= 15 is 0 Å². The number of carbonyl (C=O) groups is 3. The number of alkyl halides is 3. The summed E-state index contributed by atoms with van der Waals surface area (Å²) < 4.78 is 48.5. The van der Waals surface area contributed by atoms with Crippen molar-refractivity contribution in [1.29, 1.82) is 0 Å². The Morgan fingerprint density at radius 3 is 2.43 bits per heavy atom. The maximum absolute atomic E-state index is 13.0.